The van der Waals surface area contributed by atoms with E-state index in [1.54, 1.807) is 55.5 Å². The average Bonchev–Trinajstić information content (AvgIpc) is 2.75. The first kappa shape index (κ1) is 20.8. The van der Waals surface area contributed by atoms with Crippen molar-refractivity contribution in [3.05, 3.63) is 64.6 Å². The van der Waals surface area contributed by atoms with Crippen molar-refractivity contribution >= 4 is 22.6 Å². The molecule has 0 fully saturated rings. The van der Waals surface area contributed by atoms with E-state index in [4.69, 9.17) is 9.47 Å². The van der Waals surface area contributed by atoms with Crippen LogP contribution in [0.25, 0.3) is 10.8 Å². The Morgan fingerprint density at radius 1 is 1.03 bits per heavy atom. The van der Waals surface area contributed by atoms with Crippen molar-refractivity contribution in [2.45, 2.75) is 20.0 Å². The number of aromatic nitrogens is 2. The van der Waals surface area contributed by atoms with Gasteiger partial charge in [0.15, 0.2) is 11.8 Å². The lowest BCUT2D eigenvalue weighted by atomic mass is 10.1. The maximum Gasteiger partial charge on any atom is 0.290 e. The maximum atomic E-state index is 12.5. The highest BCUT2D eigenvalue weighted by atomic mass is 16.5. The molecular formula is C21H22N4O5. The molecule has 1 unspecified atom stereocenters. The number of carbonyl (C=O) groups excluding carboxylic acids is 2. The van der Waals surface area contributed by atoms with Crippen molar-refractivity contribution in [3.8, 4) is 11.5 Å². The molecule has 2 amide bonds. The predicted octanol–water partition coefficient (Wildman–Crippen LogP) is 1.56. The number of hydrogen-bond acceptors (Lipinski definition) is 6. The van der Waals surface area contributed by atoms with Crippen molar-refractivity contribution in [2.24, 2.45) is 7.05 Å². The molecule has 0 aliphatic heterocycles. The molecule has 0 aliphatic rings. The van der Waals surface area contributed by atoms with Gasteiger partial charge in [0, 0.05) is 12.4 Å². The molecule has 30 heavy (non-hydrogen) atoms. The van der Waals surface area contributed by atoms with Gasteiger partial charge in [-0.2, -0.15) is 5.10 Å². The summed E-state index contributed by atoms with van der Waals surface area (Å²) in [4.78, 5) is 37.0. The molecule has 3 aromatic rings. The highest BCUT2D eigenvalue weighted by molar-refractivity contribution is 6.05. The van der Waals surface area contributed by atoms with E-state index >= 15 is 0 Å². The summed E-state index contributed by atoms with van der Waals surface area (Å²) in [6.07, 6.45) is -0.868. The number of nitrogens with zero attached hydrogens (tertiary/aromatic N) is 2. The van der Waals surface area contributed by atoms with Gasteiger partial charge in [-0.05, 0) is 44.2 Å². The molecule has 0 bridgehead atoms. The number of aryl methyl sites for hydroxylation is 1. The van der Waals surface area contributed by atoms with Crippen LogP contribution in [0, 0.1) is 0 Å². The number of hydrazine groups is 1. The second kappa shape index (κ2) is 9.08. The zero-order valence-corrected chi connectivity index (χ0v) is 16.8. The second-order valence-corrected chi connectivity index (χ2v) is 6.43. The number of benzene rings is 2. The van der Waals surface area contributed by atoms with Crippen LogP contribution in [-0.2, 0) is 11.8 Å². The van der Waals surface area contributed by atoms with Gasteiger partial charge in [0.05, 0.1) is 12.0 Å². The number of amides is 2. The number of nitrogens with one attached hydrogen (secondary N) is 2. The monoisotopic (exact) mass is 410 g/mol. The molecule has 3 rings (SSSR count). The van der Waals surface area contributed by atoms with Crippen molar-refractivity contribution in [3.63, 3.8) is 0 Å². The smallest absolute Gasteiger partial charge is 0.290 e. The quantitative estimate of drug-likeness (QED) is 0.597. The van der Waals surface area contributed by atoms with Gasteiger partial charge in [0.25, 0.3) is 17.4 Å². The Morgan fingerprint density at radius 3 is 2.33 bits per heavy atom. The van der Waals surface area contributed by atoms with Crippen LogP contribution >= 0.6 is 0 Å². The molecule has 0 radical (unpaired) electrons. The highest BCUT2D eigenvalue weighted by Gasteiger charge is 2.19. The third kappa shape index (κ3) is 4.57. The molecule has 1 atom stereocenters. The Morgan fingerprint density at radius 2 is 1.67 bits per heavy atom. The molecule has 0 saturated carbocycles. The van der Waals surface area contributed by atoms with Crippen molar-refractivity contribution < 1.29 is 19.1 Å². The van der Waals surface area contributed by atoms with E-state index in [1.807, 2.05) is 6.92 Å². The number of rotatable bonds is 6. The van der Waals surface area contributed by atoms with Gasteiger partial charge in [-0.1, -0.05) is 18.2 Å². The lowest BCUT2D eigenvalue weighted by Gasteiger charge is -2.15. The number of carbonyl (C=O) groups is 2. The summed E-state index contributed by atoms with van der Waals surface area (Å²) in [6.45, 7) is 3.99. The van der Waals surface area contributed by atoms with Gasteiger partial charge in [0.1, 0.15) is 11.5 Å². The molecule has 0 aliphatic carbocycles. The third-order valence-electron chi connectivity index (χ3n) is 4.29. The van der Waals surface area contributed by atoms with E-state index in [-0.39, 0.29) is 11.3 Å². The summed E-state index contributed by atoms with van der Waals surface area (Å²) in [6, 6.07) is 13.5. The summed E-state index contributed by atoms with van der Waals surface area (Å²) in [7, 11) is 1.46. The van der Waals surface area contributed by atoms with Crippen LogP contribution in [0.15, 0.2) is 53.3 Å². The third-order valence-corrected chi connectivity index (χ3v) is 4.29. The molecule has 156 valence electrons. The van der Waals surface area contributed by atoms with Gasteiger partial charge >= 0.3 is 0 Å². The highest BCUT2D eigenvalue weighted by Crippen LogP contribution is 2.18. The van der Waals surface area contributed by atoms with Gasteiger partial charge < -0.3 is 9.47 Å². The minimum Gasteiger partial charge on any atom is -0.494 e. The molecule has 9 heteroatoms. The van der Waals surface area contributed by atoms with Crippen LogP contribution in [0.4, 0.5) is 0 Å². The lowest BCUT2D eigenvalue weighted by molar-refractivity contribution is -0.128. The zero-order valence-electron chi connectivity index (χ0n) is 16.8. The fraction of sp³-hybridized carbons (Fsp3) is 0.238. The van der Waals surface area contributed by atoms with E-state index in [1.165, 1.54) is 7.05 Å². The zero-order chi connectivity index (χ0) is 21.7. The minimum absolute atomic E-state index is 0.0214. The normalized spacial score (nSPS) is 11.6. The van der Waals surface area contributed by atoms with E-state index in [0.717, 1.165) is 4.68 Å². The molecule has 2 N–H and O–H groups in total. The standard InChI is InChI=1S/C21H22N4O5/c1-4-29-14-9-11-15(12-10-14)30-13(2)19(26)22-23-20(27)18-16-7-5-6-8-17(16)21(28)25(3)24-18/h5-13H,4H2,1-3H3,(H,22,26)(H,23,27). The van der Waals surface area contributed by atoms with Gasteiger partial charge in [-0.3, -0.25) is 25.2 Å². The number of ether oxygens (including phenoxy) is 2. The van der Waals surface area contributed by atoms with Crippen LogP contribution < -0.4 is 25.9 Å². The molecule has 0 spiro atoms. The van der Waals surface area contributed by atoms with E-state index in [2.05, 4.69) is 16.0 Å². The summed E-state index contributed by atoms with van der Waals surface area (Å²) >= 11 is 0. The SMILES string of the molecule is CCOc1ccc(OC(C)C(=O)NNC(=O)c2nn(C)c(=O)c3ccccc23)cc1. The van der Waals surface area contributed by atoms with Crippen LogP contribution in [0.1, 0.15) is 24.3 Å². The van der Waals surface area contributed by atoms with Crippen LogP contribution in [-0.4, -0.2) is 34.3 Å². The van der Waals surface area contributed by atoms with Gasteiger partial charge in [-0.25, -0.2) is 4.68 Å². The first-order chi connectivity index (χ1) is 14.4. The average molecular weight is 410 g/mol. The van der Waals surface area contributed by atoms with Gasteiger partial charge in [0.2, 0.25) is 0 Å². The lowest BCUT2D eigenvalue weighted by Crippen LogP contribution is -2.47. The Bertz CT molecular complexity index is 1120. The second-order valence-electron chi connectivity index (χ2n) is 6.43. The van der Waals surface area contributed by atoms with E-state index in [0.29, 0.717) is 28.9 Å². The first-order valence-corrected chi connectivity index (χ1v) is 9.36. The molecule has 0 saturated heterocycles. The maximum absolute atomic E-state index is 12.5. The summed E-state index contributed by atoms with van der Waals surface area (Å²) < 4.78 is 12.0. The Hall–Kier alpha value is -3.88. The Balaban J connectivity index is 1.64. The fourth-order valence-electron chi connectivity index (χ4n) is 2.79. The molecular weight excluding hydrogens is 388 g/mol. The first-order valence-electron chi connectivity index (χ1n) is 9.36. The molecule has 9 nitrogen and oxygen atoms in total. The largest absolute Gasteiger partial charge is 0.494 e. The summed E-state index contributed by atoms with van der Waals surface area (Å²) in [5.41, 5.74) is 4.33. The van der Waals surface area contributed by atoms with Gasteiger partial charge in [-0.15, -0.1) is 0 Å². The molecule has 1 heterocycles. The van der Waals surface area contributed by atoms with Crippen LogP contribution in [0.2, 0.25) is 0 Å². The van der Waals surface area contributed by atoms with Crippen molar-refractivity contribution in [1.82, 2.24) is 20.6 Å². The fourth-order valence-corrected chi connectivity index (χ4v) is 2.79. The van der Waals surface area contributed by atoms with E-state index in [9.17, 15) is 14.4 Å². The minimum atomic E-state index is -0.868. The summed E-state index contributed by atoms with van der Waals surface area (Å²) in [5, 5.41) is 4.77. The predicted molar refractivity (Wildman–Crippen MR) is 110 cm³/mol. The topological polar surface area (TPSA) is 112 Å². The summed E-state index contributed by atoms with van der Waals surface area (Å²) in [5.74, 6) is -0.0147. The Labute approximate surface area is 172 Å². The van der Waals surface area contributed by atoms with E-state index < -0.39 is 17.9 Å². The number of hydrogen-bond donors (Lipinski definition) is 2. The van der Waals surface area contributed by atoms with Crippen molar-refractivity contribution in [1.29, 1.82) is 0 Å². The van der Waals surface area contributed by atoms with Crippen molar-refractivity contribution in [2.75, 3.05) is 6.61 Å². The number of fused-ring (bicyclic) bond motifs is 1. The van der Waals surface area contributed by atoms with Crippen LogP contribution in [0.5, 0.6) is 11.5 Å². The van der Waals surface area contributed by atoms with Crippen LogP contribution in [0.3, 0.4) is 0 Å². The molecule has 1 aromatic heterocycles. The Kier molecular flexibility index (Phi) is 6.31. The molecule has 2 aromatic carbocycles.